The standard InChI is InChI=1S/C20H23N3O2/c1-14-8-10-16(11-9-14)23-19(15(2)21-12-13-25-3)22-18-7-5-4-6-17(18)20(23)24/h4-11,15,21H,12-13H2,1-3H3/p+1/t15-/m1/s1. The van der Waals surface area contributed by atoms with Gasteiger partial charge in [0.2, 0.25) is 0 Å². The van der Waals surface area contributed by atoms with Gasteiger partial charge in [-0.05, 0) is 38.1 Å². The van der Waals surface area contributed by atoms with Crippen LogP contribution in [0, 0.1) is 6.92 Å². The van der Waals surface area contributed by atoms with Crippen molar-refractivity contribution in [2.24, 2.45) is 0 Å². The minimum Gasteiger partial charge on any atom is -0.379 e. The molecular weight excluding hydrogens is 314 g/mol. The molecule has 1 atom stereocenters. The number of nitrogens with two attached hydrogens (primary N) is 1. The largest absolute Gasteiger partial charge is 0.379 e. The van der Waals surface area contributed by atoms with E-state index in [1.54, 1.807) is 11.7 Å². The SMILES string of the molecule is COCC[NH2+][C@H](C)c1nc2ccccc2c(=O)n1-c1ccc(C)cc1. The lowest BCUT2D eigenvalue weighted by molar-refractivity contribution is -0.695. The van der Waals surface area contributed by atoms with Crippen LogP contribution < -0.4 is 10.9 Å². The van der Waals surface area contributed by atoms with E-state index in [0.29, 0.717) is 12.0 Å². The molecule has 2 N–H and O–H groups in total. The second-order valence-electron chi connectivity index (χ2n) is 6.27. The van der Waals surface area contributed by atoms with E-state index in [4.69, 9.17) is 9.72 Å². The molecule has 25 heavy (non-hydrogen) atoms. The summed E-state index contributed by atoms with van der Waals surface area (Å²) in [6.45, 7) is 5.57. The Hall–Kier alpha value is -2.50. The van der Waals surface area contributed by atoms with Crippen molar-refractivity contribution in [2.45, 2.75) is 19.9 Å². The molecule has 0 bridgehead atoms. The van der Waals surface area contributed by atoms with Gasteiger partial charge in [0.25, 0.3) is 5.56 Å². The molecule has 130 valence electrons. The number of hydrogen-bond donors (Lipinski definition) is 1. The van der Waals surface area contributed by atoms with Crippen molar-refractivity contribution in [3.05, 3.63) is 70.3 Å². The van der Waals surface area contributed by atoms with Crippen LogP contribution >= 0.6 is 0 Å². The summed E-state index contributed by atoms with van der Waals surface area (Å²) >= 11 is 0. The summed E-state index contributed by atoms with van der Waals surface area (Å²) in [6.07, 6.45) is 0. The zero-order valence-electron chi connectivity index (χ0n) is 14.9. The maximum absolute atomic E-state index is 13.2. The molecule has 3 rings (SSSR count). The number of methoxy groups -OCH3 is 1. The molecule has 0 radical (unpaired) electrons. The number of benzene rings is 2. The second kappa shape index (κ2) is 7.59. The highest BCUT2D eigenvalue weighted by Gasteiger charge is 2.19. The first-order valence-corrected chi connectivity index (χ1v) is 8.53. The normalized spacial score (nSPS) is 12.4. The molecule has 0 aliphatic heterocycles. The van der Waals surface area contributed by atoms with Gasteiger partial charge < -0.3 is 10.1 Å². The fourth-order valence-corrected chi connectivity index (χ4v) is 2.94. The van der Waals surface area contributed by atoms with Crippen LogP contribution in [0.2, 0.25) is 0 Å². The average molecular weight is 338 g/mol. The maximum atomic E-state index is 13.2. The first kappa shape index (κ1) is 17.3. The van der Waals surface area contributed by atoms with E-state index in [-0.39, 0.29) is 11.6 Å². The van der Waals surface area contributed by atoms with Crippen molar-refractivity contribution in [1.29, 1.82) is 0 Å². The van der Waals surface area contributed by atoms with E-state index < -0.39 is 0 Å². The molecule has 0 amide bonds. The summed E-state index contributed by atoms with van der Waals surface area (Å²) in [7, 11) is 1.69. The minimum atomic E-state index is -0.0311. The molecule has 5 heteroatoms. The van der Waals surface area contributed by atoms with Crippen molar-refractivity contribution in [3.63, 3.8) is 0 Å². The van der Waals surface area contributed by atoms with Crippen molar-refractivity contribution < 1.29 is 10.1 Å². The minimum absolute atomic E-state index is 0.0311. The van der Waals surface area contributed by atoms with Crippen LogP contribution in [0.3, 0.4) is 0 Å². The number of para-hydroxylation sites is 1. The number of ether oxygens (including phenoxy) is 1. The van der Waals surface area contributed by atoms with Crippen LogP contribution in [-0.2, 0) is 4.74 Å². The maximum Gasteiger partial charge on any atom is 0.266 e. The monoisotopic (exact) mass is 338 g/mol. The third-order valence-electron chi connectivity index (χ3n) is 4.34. The van der Waals surface area contributed by atoms with Gasteiger partial charge in [-0.3, -0.25) is 9.36 Å². The molecule has 0 spiro atoms. The fourth-order valence-electron chi connectivity index (χ4n) is 2.94. The van der Waals surface area contributed by atoms with Crippen LogP contribution in [0.25, 0.3) is 16.6 Å². The lowest BCUT2D eigenvalue weighted by Crippen LogP contribution is -2.86. The van der Waals surface area contributed by atoms with Gasteiger partial charge in [-0.2, -0.15) is 0 Å². The lowest BCUT2D eigenvalue weighted by atomic mass is 10.2. The predicted octanol–water partition coefficient (Wildman–Crippen LogP) is 1.96. The van der Waals surface area contributed by atoms with E-state index in [9.17, 15) is 4.79 Å². The molecule has 3 aromatic rings. The molecule has 0 saturated heterocycles. The summed E-state index contributed by atoms with van der Waals surface area (Å²) in [5.74, 6) is 0.753. The van der Waals surface area contributed by atoms with E-state index in [1.807, 2.05) is 55.5 Å². The zero-order valence-corrected chi connectivity index (χ0v) is 14.9. The molecule has 1 heterocycles. The third-order valence-corrected chi connectivity index (χ3v) is 4.34. The number of quaternary nitrogens is 1. The third kappa shape index (κ3) is 3.62. The smallest absolute Gasteiger partial charge is 0.266 e. The van der Waals surface area contributed by atoms with Crippen LogP contribution in [0.4, 0.5) is 0 Å². The Labute approximate surface area is 147 Å². The Balaban J connectivity index is 2.17. The summed E-state index contributed by atoms with van der Waals surface area (Å²) in [5, 5.41) is 2.78. The van der Waals surface area contributed by atoms with Gasteiger partial charge in [-0.25, -0.2) is 4.98 Å². The molecule has 0 fully saturated rings. The summed E-state index contributed by atoms with van der Waals surface area (Å²) in [5.41, 5.74) is 2.71. The first-order chi connectivity index (χ1) is 12.1. The van der Waals surface area contributed by atoms with Crippen LogP contribution in [0.5, 0.6) is 0 Å². The number of aryl methyl sites for hydroxylation is 1. The van der Waals surface area contributed by atoms with Crippen LogP contribution in [-0.4, -0.2) is 29.8 Å². The van der Waals surface area contributed by atoms with E-state index in [1.165, 1.54) is 0 Å². The Kier molecular flexibility index (Phi) is 5.26. The van der Waals surface area contributed by atoms with E-state index in [2.05, 4.69) is 12.2 Å². The van der Waals surface area contributed by atoms with Crippen LogP contribution in [0.1, 0.15) is 24.4 Å². The van der Waals surface area contributed by atoms with Crippen LogP contribution in [0.15, 0.2) is 53.3 Å². The number of fused-ring (bicyclic) bond motifs is 1. The molecule has 0 aliphatic rings. The van der Waals surface area contributed by atoms with Gasteiger partial charge >= 0.3 is 0 Å². The molecule has 0 saturated carbocycles. The predicted molar refractivity (Wildman–Crippen MR) is 99.2 cm³/mol. The van der Waals surface area contributed by atoms with Crippen molar-refractivity contribution in [3.8, 4) is 5.69 Å². The van der Waals surface area contributed by atoms with Crippen molar-refractivity contribution in [1.82, 2.24) is 9.55 Å². The molecule has 0 aliphatic carbocycles. The zero-order chi connectivity index (χ0) is 17.8. The Morgan fingerprint density at radius 1 is 1.16 bits per heavy atom. The number of hydrogen-bond acceptors (Lipinski definition) is 3. The van der Waals surface area contributed by atoms with Crippen molar-refractivity contribution >= 4 is 10.9 Å². The second-order valence-corrected chi connectivity index (χ2v) is 6.27. The fraction of sp³-hybridized carbons (Fsp3) is 0.300. The van der Waals surface area contributed by atoms with Crippen molar-refractivity contribution in [2.75, 3.05) is 20.3 Å². The lowest BCUT2D eigenvalue weighted by Gasteiger charge is -2.17. The Morgan fingerprint density at radius 3 is 2.60 bits per heavy atom. The van der Waals surface area contributed by atoms with Gasteiger partial charge in [0, 0.05) is 7.11 Å². The quantitative estimate of drug-likeness (QED) is 0.699. The summed E-state index contributed by atoms with van der Waals surface area (Å²) in [6, 6.07) is 15.5. The number of aromatic nitrogens is 2. The Morgan fingerprint density at radius 2 is 1.88 bits per heavy atom. The molecule has 0 unspecified atom stereocenters. The highest BCUT2D eigenvalue weighted by Crippen LogP contribution is 2.16. The van der Waals surface area contributed by atoms with Gasteiger partial charge in [0.15, 0.2) is 5.82 Å². The van der Waals surface area contributed by atoms with Gasteiger partial charge in [0.05, 0.1) is 29.7 Å². The summed E-state index contributed by atoms with van der Waals surface area (Å²) < 4.78 is 6.86. The summed E-state index contributed by atoms with van der Waals surface area (Å²) in [4.78, 5) is 18.0. The highest BCUT2D eigenvalue weighted by atomic mass is 16.5. The Bertz CT molecular complexity index is 916. The molecule has 2 aromatic carbocycles. The highest BCUT2D eigenvalue weighted by molar-refractivity contribution is 5.77. The number of rotatable bonds is 6. The first-order valence-electron chi connectivity index (χ1n) is 8.53. The van der Waals surface area contributed by atoms with Gasteiger partial charge in [-0.1, -0.05) is 29.8 Å². The van der Waals surface area contributed by atoms with Gasteiger partial charge in [-0.15, -0.1) is 0 Å². The average Bonchev–Trinajstić information content (AvgIpc) is 2.63. The topological polar surface area (TPSA) is 60.7 Å². The number of nitrogens with zero attached hydrogens (tertiary/aromatic N) is 2. The molecule has 1 aromatic heterocycles. The van der Waals surface area contributed by atoms with E-state index >= 15 is 0 Å². The molecule has 5 nitrogen and oxygen atoms in total. The molecular formula is C20H24N3O2+. The van der Waals surface area contributed by atoms with Gasteiger partial charge in [0.1, 0.15) is 6.04 Å². The van der Waals surface area contributed by atoms with E-state index in [0.717, 1.165) is 29.1 Å².